The monoisotopic (exact) mass is 350 g/mol. The molecule has 2 rings (SSSR count). The minimum Gasteiger partial charge on any atom is -0.495 e. The first-order valence-electron chi connectivity index (χ1n) is 8.67. The van der Waals surface area contributed by atoms with E-state index in [1.54, 1.807) is 7.11 Å². The lowest BCUT2D eigenvalue weighted by atomic mass is 10.1. The van der Waals surface area contributed by atoms with Crippen LogP contribution in [0.25, 0.3) is 0 Å². The van der Waals surface area contributed by atoms with Gasteiger partial charge in [0.1, 0.15) is 5.75 Å². The maximum absolute atomic E-state index is 5.49. The molecule has 134 valence electrons. The molecule has 0 aromatic heterocycles. The maximum Gasteiger partial charge on any atom is 0.191 e. The van der Waals surface area contributed by atoms with Gasteiger partial charge < -0.3 is 20.3 Å². The fraction of sp³-hybridized carbons (Fsp3) is 0.611. The number of guanidine groups is 1. The zero-order valence-corrected chi connectivity index (χ0v) is 15.9. The highest BCUT2D eigenvalue weighted by molar-refractivity contribution is 7.98. The van der Waals surface area contributed by atoms with E-state index in [4.69, 9.17) is 9.73 Å². The summed E-state index contributed by atoms with van der Waals surface area (Å²) in [6, 6.07) is 8.25. The van der Waals surface area contributed by atoms with Crippen LogP contribution in [-0.2, 0) is 0 Å². The van der Waals surface area contributed by atoms with Gasteiger partial charge in [-0.2, -0.15) is 11.8 Å². The SMILES string of the molecule is CCNC(=NCC1CCN(c2ccccc2OC)C1)NCCSC. The summed E-state index contributed by atoms with van der Waals surface area (Å²) >= 11 is 1.84. The molecule has 0 amide bonds. The zero-order chi connectivity index (χ0) is 17.2. The van der Waals surface area contributed by atoms with E-state index in [1.807, 2.05) is 23.9 Å². The Kier molecular flexibility index (Phi) is 8.08. The number of rotatable bonds is 8. The molecule has 1 aromatic carbocycles. The number of aliphatic imine (C=N–C) groups is 1. The van der Waals surface area contributed by atoms with Gasteiger partial charge in [-0.15, -0.1) is 0 Å². The second-order valence-corrected chi connectivity index (χ2v) is 6.90. The van der Waals surface area contributed by atoms with Crippen LogP contribution in [-0.4, -0.2) is 57.8 Å². The van der Waals surface area contributed by atoms with Crippen molar-refractivity contribution in [3.8, 4) is 5.75 Å². The zero-order valence-electron chi connectivity index (χ0n) is 15.0. The van der Waals surface area contributed by atoms with Crippen molar-refractivity contribution in [3.63, 3.8) is 0 Å². The van der Waals surface area contributed by atoms with Crippen molar-refractivity contribution in [1.29, 1.82) is 0 Å². The highest BCUT2D eigenvalue weighted by Crippen LogP contribution is 2.31. The molecule has 1 saturated heterocycles. The standard InChI is InChI=1S/C18H30N4OS/c1-4-19-18(20-10-12-24-3)21-13-15-9-11-22(14-15)16-7-5-6-8-17(16)23-2/h5-8,15H,4,9-14H2,1-3H3,(H2,19,20,21). The average molecular weight is 351 g/mol. The molecule has 0 aliphatic carbocycles. The molecule has 0 radical (unpaired) electrons. The van der Waals surface area contributed by atoms with Crippen LogP contribution in [0.5, 0.6) is 5.75 Å². The summed E-state index contributed by atoms with van der Waals surface area (Å²) in [6.45, 7) is 6.91. The Morgan fingerprint density at radius 3 is 2.96 bits per heavy atom. The highest BCUT2D eigenvalue weighted by atomic mass is 32.2. The van der Waals surface area contributed by atoms with E-state index in [2.05, 4.69) is 40.8 Å². The van der Waals surface area contributed by atoms with E-state index in [9.17, 15) is 0 Å². The van der Waals surface area contributed by atoms with E-state index in [0.717, 1.165) is 50.2 Å². The summed E-state index contributed by atoms with van der Waals surface area (Å²) in [5, 5.41) is 6.71. The number of benzene rings is 1. The molecule has 0 spiro atoms. The second-order valence-electron chi connectivity index (χ2n) is 5.91. The number of hydrogen-bond acceptors (Lipinski definition) is 4. The predicted molar refractivity (Wildman–Crippen MR) is 106 cm³/mol. The number of nitrogens with zero attached hydrogens (tertiary/aromatic N) is 2. The summed E-state index contributed by atoms with van der Waals surface area (Å²) in [4.78, 5) is 7.18. The normalized spacial score (nSPS) is 17.9. The van der Waals surface area contributed by atoms with E-state index in [0.29, 0.717) is 5.92 Å². The van der Waals surface area contributed by atoms with Crippen molar-refractivity contribution >= 4 is 23.4 Å². The van der Waals surface area contributed by atoms with E-state index in [1.165, 1.54) is 12.1 Å². The van der Waals surface area contributed by atoms with Gasteiger partial charge in [0.2, 0.25) is 0 Å². The molecular weight excluding hydrogens is 320 g/mol. The number of hydrogen-bond donors (Lipinski definition) is 2. The summed E-state index contributed by atoms with van der Waals surface area (Å²) in [7, 11) is 1.74. The third-order valence-corrected chi connectivity index (χ3v) is 4.77. The average Bonchev–Trinajstić information content (AvgIpc) is 3.08. The van der Waals surface area contributed by atoms with Gasteiger partial charge in [-0.3, -0.25) is 4.99 Å². The lowest BCUT2D eigenvalue weighted by Gasteiger charge is -2.21. The lowest BCUT2D eigenvalue weighted by molar-refractivity contribution is 0.414. The molecule has 1 aromatic rings. The van der Waals surface area contributed by atoms with Crippen molar-refractivity contribution in [2.75, 3.05) is 56.7 Å². The van der Waals surface area contributed by atoms with Crippen LogP contribution in [0.1, 0.15) is 13.3 Å². The van der Waals surface area contributed by atoms with Gasteiger partial charge in [0.15, 0.2) is 5.96 Å². The van der Waals surface area contributed by atoms with Crippen molar-refractivity contribution in [2.24, 2.45) is 10.9 Å². The molecule has 1 aliphatic rings. The molecule has 6 heteroatoms. The Bertz CT molecular complexity index is 523. The van der Waals surface area contributed by atoms with Crippen LogP contribution < -0.4 is 20.3 Å². The summed E-state index contributed by atoms with van der Waals surface area (Å²) < 4.78 is 5.49. The van der Waals surface area contributed by atoms with Crippen molar-refractivity contribution in [3.05, 3.63) is 24.3 Å². The lowest BCUT2D eigenvalue weighted by Crippen LogP contribution is -2.38. The first-order valence-corrected chi connectivity index (χ1v) is 10.1. The molecular formula is C18H30N4OS. The number of nitrogens with one attached hydrogen (secondary N) is 2. The van der Waals surface area contributed by atoms with Crippen LogP contribution in [0, 0.1) is 5.92 Å². The molecule has 1 atom stereocenters. The molecule has 1 aliphatic heterocycles. The van der Waals surface area contributed by atoms with Crippen molar-refractivity contribution < 1.29 is 4.74 Å². The Balaban J connectivity index is 1.89. The van der Waals surface area contributed by atoms with Crippen molar-refractivity contribution in [2.45, 2.75) is 13.3 Å². The van der Waals surface area contributed by atoms with Crippen LogP contribution in [0.4, 0.5) is 5.69 Å². The fourth-order valence-corrected chi connectivity index (χ4v) is 3.23. The van der Waals surface area contributed by atoms with Crippen LogP contribution in [0.2, 0.25) is 0 Å². The molecule has 2 N–H and O–H groups in total. The minimum atomic E-state index is 0.589. The molecule has 0 saturated carbocycles. The molecule has 24 heavy (non-hydrogen) atoms. The number of thioether (sulfide) groups is 1. The van der Waals surface area contributed by atoms with Gasteiger partial charge in [0.25, 0.3) is 0 Å². The third-order valence-electron chi connectivity index (χ3n) is 4.16. The van der Waals surface area contributed by atoms with Gasteiger partial charge in [-0.1, -0.05) is 12.1 Å². The van der Waals surface area contributed by atoms with E-state index >= 15 is 0 Å². The predicted octanol–water partition coefficient (Wildman–Crippen LogP) is 2.44. The largest absolute Gasteiger partial charge is 0.495 e. The third kappa shape index (κ3) is 5.51. The Morgan fingerprint density at radius 2 is 2.21 bits per heavy atom. The van der Waals surface area contributed by atoms with Gasteiger partial charge in [0.05, 0.1) is 12.8 Å². The number of para-hydroxylation sites is 2. The number of methoxy groups -OCH3 is 1. The molecule has 1 unspecified atom stereocenters. The smallest absolute Gasteiger partial charge is 0.191 e. The summed E-state index contributed by atoms with van der Waals surface area (Å²) in [6.07, 6.45) is 3.29. The van der Waals surface area contributed by atoms with Gasteiger partial charge >= 0.3 is 0 Å². The molecule has 5 nitrogen and oxygen atoms in total. The summed E-state index contributed by atoms with van der Waals surface area (Å²) in [5.74, 6) is 3.57. The Hall–Kier alpha value is -1.56. The number of anilines is 1. The fourth-order valence-electron chi connectivity index (χ4n) is 2.93. The number of ether oxygens (including phenoxy) is 1. The van der Waals surface area contributed by atoms with Gasteiger partial charge in [-0.25, -0.2) is 0 Å². The van der Waals surface area contributed by atoms with Gasteiger partial charge in [0, 0.05) is 38.5 Å². The first kappa shape index (κ1) is 18.8. The van der Waals surface area contributed by atoms with Crippen LogP contribution in [0.3, 0.4) is 0 Å². The first-order chi connectivity index (χ1) is 11.8. The Labute approximate surface area is 150 Å². The van der Waals surface area contributed by atoms with Crippen molar-refractivity contribution in [1.82, 2.24) is 10.6 Å². The second kappa shape index (κ2) is 10.3. The maximum atomic E-state index is 5.49. The molecule has 1 fully saturated rings. The van der Waals surface area contributed by atoms with Crippen LogP contribution >= 0.6 is 11.8 Å². The minimum absolute atomic E-state index is 0.589. The summed E-state index contributed by atoms with van der Waals surface area (Å²) in [5.41, 5.74) is 1.19. The topological polar surface area (TPSA) is 48.9 Å². The highest BCUT2D eigenvalue weighted by Gasteiger charge is 2.24. The van der Waals surface area contributed by atoms with Gasteiger partial charge in [-0.05, 0) is 37.7 Å². The Morgan fingerprint density at radius 1 is 1.38 bits per heavy atom. The molecule has 1 heterocycles. The quantitative estimate of drug-likeness (QED) is 0.428. The van der Waals surface area contributed by atoms with E-state index in [-0.39, 0.29) is 0 Å². The van der Waals surface area contributed by atoms with E-state index < -0.39 is 0 Å². The molecule has 0 bridgehead atoms. The van der Waals surface area contributed by atoms with Crippen LogP contribution in [0.15, 0.2) is 29.3 Å².